The molecule has 1 N–H and O–H groups in total. The molecule has 1 atom stereocenters. The van der Waals surface area contributed by atoms with Gasteiger partial charge in [0.25, 0.3) is 5.91 Å². The summed E-state index contributed by atoms with van der Waals surface area (Å²) in [5.41, 5.74) is 0.413. The van der Waals surface area contributed by atoms with Crippen molar-refractivity contribution in [3.8, 4) is 23.0 Å². The SMILES string of the molecule is CCOc1cc(Cl)c(N=NC(C(C)=O)C(=O)Nc2c(OCC)ccc(Cl)c2OCC)cc1OCC. The molecule has 0 aliphatic heterocycles. The lowest BCUT2D eigenvalue weighted by Gasteiger charge is -2.18. The summed E-state index contributed by atoms with van der Waals surface area (Å²) < 4.78 is 22.3. The Kier molecular flexibility index (Phi) is 11.1. The van der Waals surface area contributed by atoms with E-state index in [0.717, 1.165) is 0 Å². The molecule has 0 aliphatic carbocycles. The van der Waals surface area contributed by atoms with E-state index in [-0.39, 0.29) is 27.2 Å². The third-order valence-corrected chi connectivity index (χ3v) is 5.04. The summed E-state index contributed by atoms with van der Waals surface area (Å²) in [5.74, 6) is 0.159. The molecule has 9 nitrogen and oxygen atoms in total. The average molecular weight is 526 g/mol. The van der Waals surface area contributed by atoms with Crippen molar-refractivity contribution in [3.63, 3.8) is 0 Å². The Morgan fingerprint density at radius 1 is 0.857 bits per heavy atom. The number of carbonyl (C=O) groups is 2. The maximum absolute atomic E-state index is 13.1. The van der Waals surface area contributed by atoms with Crippen molar-refractivity contribution in [3.05, 3.63) is 34.3 Å². The van der Waals surface area contributed by atoms with Gasteiger partial charge in [-0.2, -0.15) is 10.2 Å². The van der Waals surface area contributed by atoms with Gasteiger partial charge in [-0.1, -0.05) is 23.2 Å². The molecule has 0 heterocycles. The van der Waals surface area contributed by atoms with Gasteiger partial charge < -0.3 is 24.3 Å². The summed E-state index contributed by atoms with van der Waals surface area (Å²) in [6.45, 7) is 9.91. The molecule has 0 saturated carbocycles. The summed E-state index contributed by atoms with van der Waals surface area (Å²) in [7, 11) is 0. The van der Waals surface area contributed by atoms with Gasteiger partial charge in [-0.25, -0.2) is 0 Å². The van der Waals surface area contributed by atoms with E-state index in [1.54, 1.807) is 32.0 Å². The molecule has 0 aromatic heterocycles. The van der Waals surface area contributed by atoms with E-state index in [1.807, 2.05) is 13.8 Å². The maximum Gasteiger partial charge on any atom is 0.259 e. The first-order valence-corrected chi connectivity index (χ1v) is 11.9. The molecule has 2 aromatic rings. The number of carbonyl (C=O) groups excluding carboxylic acids is 2. The Bertz CT molecular complexity index is 1080. The van der Waals surface area contributed by atoms with Crippen molar-refractivity contribution in [1.82, 2.24) is 0 Å². The van der Waals surface area contributed by atoms with Crippen LogP contribution in [0.15, 0.2) is 34.5 Å². The van der Waals surface area contributed by atoms with E-state index >= 15 is 0 Å². The van der Waals surface area contributed by atoms with Crippen molar-refractivity contribution in [2.24, 2.45) is 10.2 Å². The summed E-state index contributed by atoms with van der Waals surface area (Å²) in [5, 5.41) is 11.2. The van der Waals surface area contributed by atoms with Crippen molar-refractivity contribution in [1.29, 1.82) is 0 Å². The van der Waals surface area contributed by atoms with Crippen LogP contribution in [0.4, 0.5) is 11.4 Å². The van der Waals surface area contributed by atoms with Crippen LogP contribution >= 0.6 is 23.2 Å². The fourth-order valence-corrected chi connectivity index (χ4v) is 3.39. The van der Waals surface area contributed by atoms with Crippen LogP contribution in [0.5, 0.6) is 23.0 Å². The number of azo groups is 1. The quantitative estimate of drug-likeness (QED) is 0.244. The summed E-state index contributed by atoms with van der Waals surface area (Å²) in [4.78, 5) is 25.4. The second kappa shape index (κ2) is 13.7. The molecule has 1 amide bonds. The predicted molar refractivity (Wildman–Crippen MR) is 135 cm³/mol. The molecule has 0 bridgehead atoms. The Hall–Kier alpha value is -3.04. The molecule has 1 unspecified atom stereocenters. The van der Waals surface area contributed by atoms with Crippen LogP contribution in [0.25, 0.3) is 0 Å². The minimum Gasteiger partial charge on any atom is -0.492 e. The number of Topliss-reactive ketones (excluding diaryl/α,β-unsaturated/α-hetero) is 1. The normalized spacial score (nSPS) is 11.7. The highest BCUT2D eigenvalue weighted by atomic mass is 35.5. The van der Waals surface area contributed by atoms with E-state index < -0.39 is 17.7 Å². The van der Waals surface area contributed by atoms with Gasteiger partial charge in [0, 0.05) is 12.1 Å². The molecule has 0 fully saturated rings. The highest BCUT2D eigenvalue weighted by Crippen LogP contribution is 2.41. The molecule has 0 spiro atoms. The van der Waals surface area contributed by atoms with Gasteiger partial charge in [-0.05, 0) is 46.8 Å². The van der Waals surface area contributed by atoms with E-state index in [1.165, 1.54) is 13.0 Å². The number of ether oxygens (including phenoxy) is 4. The van der Waals surface area contributed by atoms with Crippen LogP contribution < -0.4 is 24.3 Å². The monoisotopic (exact) mass is 525 g/mol. The maximum atomic E-state index is 13.1. The minimum atomic E-state index is -1.46. The van der Waals surface area contributed by atoms with Crippen LogP contribution in [-0.2, 0) is 9.59 Å². The molecule has 2 rings (SSSR count). The predicted octanol–water partition coefficient (Wildman–Crippen LogP) is 6.27. The van der Waals surface area contributed by atoms with Gasteiger partial charge in [-0.3, -0.25) is 9.59 Å². The van der Waals surface area contributed by atoms with Crippen LogP contribution in [0.1, 0.15) is 34.6 Å². The third kappa shape index (κ3) is 7.47. The number of nitrogens with zero attached hydrogens (tertiary/aromatic N) is 2. The van der Waals surface area contributed by atoms with Gasteiger partial charge in [0.15, 0.2) is 23.0 Å². The lowest BCUT2D eigenvalue weighted by atomic mass is 10.2. The summed E-state index contributed by atoms with van der Waals surface area (Å²) in [6.07, 6.45) is 0. The van der Waals surface area contributed by atoms with Gasteiger partial charge in [-0.15, -0.1) is 0 Å². The highest BCUT2D eigenvalue weighted by molar-refractivity contribution is 6.33. The van der Waals surface area contributed by atoms with Crippen molar-refractivity contribution in [2.75, 3.05) is 31.7 Å². The van der Waals surface area contributed by atoms with Gasteiger partial charge in [0.2, 0.25) is 6.04 Å². The van der Waals surface area contributed by atoms with E-state index in [2.05, 4.69) is 15.5 Å². The number of nitrogens with one attached hydrogen (secondary N) is 1. The third-order valence-electron chi connectivity index (χ3n) is 4.44. The molecule has 11 heteroatoms. The Labute approximate surface area is 214 Å². The van der Waals surface area contributed by atoms with Crippen LogP contribution in [0.2, 0.25) is 10.0 Å². The van der Waals surface area contributed by atoms with Crippen LogP contribution in [0.3, 0.4) is 0 Å². The molecular weight excluding hydrogens is 497 g/mol. The second-order valence-electron chi connectivity index (χ2n) is 6.95. The highest BCUT2D eigenvalue weighted by Gasteiger charge is 2.27. The fourth-order valence-electron chi connectivity index (χ4n) is 2.99. The lowest BCUT2D eigenvalue weighted by Crippen LogP contribution is -2.32. The minimum absolute atomic E-state index is 0.199. The van der Waals surface area contributed by atoms with Gasteiger partial charge in [0.1, 0.15) is 17.1 Å². The van der Waals surface area contributed by atoms with E-state index in [0.29, 0.717) is 43.7 Å². The Morgan fingerprint density at radius 2 is 1.43 bits per heavy atom. The first-order valence-electron chi connectivity index (χ1n) is 11.2. The van der Waals surface area contributed by atoms with Crippen LogP contribution in [0, 0.1) is 0 Å². The average Bonchev–Trinajstić information content (AvgIpc) is 2.80. The van der Waals surface area contributed by atoms with Crippen molar-refractivity contribution < 1.29 is 28.5 Å². The first kappa shape index (κ1) is 28.2. The summed E-state index contributed by atoms with van der Waals surface area (Å²) in [6, 6.07) is 4.81. The van der Waals surface area contributed by atoms with E-state index in [9.17, 15) is 9.59 Å². The molecule has 0 radical (unpaired) electrons. The van der Waals surface area contributed by atoms with Crippen LogP contribution in [-0.4, -0.2) is 44.2 Å². The topological polar surface area (TPSA) is 108 Å². The lowest BCUT2D eigenvalue weighted by molar-refractivity contribution is -0.126. The number of ketones is 1. The Balaban J connectivity index is 2.40. The van der Waals surface area contributed by atoms with E-state index in [4.69, 9.17) is 42.1 Å². The largest absolute Gasteiger partial charge is 0.492 e. The Morgan fingerprint density at radius 3 is 2.00 bits per heavy atom. The number of rotatable bonds is 13. The van der Waals surface area contributed by atoms with Gasteiger partial charge >= 0.3 is 0 Å². The molecule has 2 aromatic carbocycles. The molecular formula is C24H29Cl2N3O6. The fraction of sp³-hybridized carbons (Fsp3) is 0.417. The summed E-state index contributed by atoms with van der Waals surface area (Å²) >= 11 is 12.6. The first-order chi connectivity index (χ1) is 16.8. The van der Waals surface area contributed by atoms with Gasteiger partial charge in [0.05, 0.1) is 36.5 Å². The zero-order chi connectivity index (χ0) is 26.0. The number of amides is 1. The zero-order valence-corrected chi connectivity index (χ0v) is 21.8. The number of anilines is 1. The molecule has 35 heavy (non-hydrogen) atoms. The zero-order valence-electron chi connectivity index (χ0n) is 20.3. The van der Waals surface area contributed by atoms with Crippen molar-refractivity contribution >= 4 is 46.3 Å². The smallest absolute Gasteiger partial charge is 0.259 e. The second-order valence-corrected chi connectivity index (χ2v) is 7.76. The molecule has 0 aliphatic rings. The molecule has 190 valence electrons. The van der Waals surface area contributed by atoms with Crippen molar-refractivity contribution in [2.45, 2.75) is 40.7 Å². The number of benzene rings is 2. The number of hydrogen-bond acceptors (Lipinski definition) is 8. The molecule has 0 saturated heterocycles. The standard InChI is InChI=1S/C24H29Cl2N3O6/c1-6-32-18-11-10-15(25)23(35-9-4)22(18)27-24(31)21(14(5)30)29-28-17-13-20(34-8-3)19(33-7-2)12-16(17)26/h10-13,21H,6-9H2,1-5H3,(H,27,31). The number of halogens is 2. The number of hydrogen-bond donors (Lipinski definition) is 1.